The summed E-state index contributed by atoms with van der Waals surface area (Å²) < 4.78 is 26.9. The van der Waals surface area contributed by atoms with Gasteiger partial charge in [-0.2, -0.15) is 0 Å². The van der Waals surface area contributed by atoms with Crippen LogP contribution in [-0.2, 0) is 16.4 Å². The Hall–Kier alpha value is -2.93. The van der Waals surface area contributed by atoms with Crippen LogP contribution in [0.25, 0.3) is 0 Å². The Kier molecular flexibility index (Phi) is 4.95. The fraction of sp³-hybridized carbons (Fsp3) is 0.111. The van der Waals surface area contributed by atoms with Crippen molar-refractivity contribution in [3.8, 4) is 0 Å². The molecule has 0 amide bonds. The number of sulfonamides is 1. The van der Waals surface area contributed by atoms with Crippen LogP contribution in [0.2, 0.25) is 0 Å². The van der Waals surface area contributed by atoms with E-state index in [2.05, 4.69) is 27.2 Å². The lowest BCUT2D eigenvalue weighted by molar-refractivity contribution is 0.601. The summed E-state index contributed by atoms with van der Waals surface area (Å²) in [5.74, 6) is 0.697. The summed E-state index contributed by atoms with van der Waals surface area (Å²) in [6.07, 6.45) is 0.982. The molecule has 0 saturated carbocycles. The maximum absolute atomic E-state index is 12.2. The highest BCUT2D eigenvalue weighted by atomic mass is 32.2. The maximum Gasteiger partial charge on any atom is 0.263 e. The van der Waals surface area contributed by atoms with E-state index in [1.54, 1.807) is 30.3 Å². The zero-order valence-electron chi connectivity index (χ0n) is 13.7. The molecule has 0 aliphatic rings. The molecule has 3 rings (SSSR count). The van der Waals surface area contributed by atoms with Gasteiger partial charge in [0.05, 0.1) is 4.90 Å². The van der Waals surface area contributed by atoms with Crippen molar-refractivity contribution >= 4 is 27.3 Å². The molecule has 0 fully saturated rings. The maximum atomic E-state index is 12.2. The van der Waals surface area contributed by atoms with Crippen LogP contribution in [-0.4, -0.2) is 18.6 Å². The molecule has 0 atom stereocenters. The van der Waals surface area contributed by atoms with E-state index in [-0.39, 0.29) is 10.7 Å². The van der Waals surface area contributed by atoms with E-state index in [9.17, 15) is 8.42 Å². The lowest BCUT2D eigenvalue weighted by Gasteiger charge is -2.08. The van der Waals surface area contributed by atoms with Gasteiger partial charge in [-0.05, 0) is 48.4 Å². The van der Waals surface area contributed by atoms with Crippen molar-refractivity contribution in [2.24, 2.45) is 0 Å². The molecule has 2 N–H and O–H groups in total. The standard InChI is InChI=1S/C18H18N4O2S/c1-2-14-8-10-15(11-9-14)19-17-12-13-18(21-20-17)22-25(23,24)16-6-4-3-5-7-16/h3-13H,2H2,1H3,(H,19,20)(H,21,22). The van der Waals surface area contributed by atoms with Crippen LogP contribution >= 0.6 is 0 Å². The van der Waals surface area contributed by atoms with Crippen LogP contribution < -0.4 is 10.0 Å². The highest BCUT2D eigenvalue weighted by Crippen LogP contribution is 2.17. The molecule has 0 unspecified atom stereocenters. The lowest BCUT2D eigenvalue weighted by Crippen LogP contribution is -2.14. The van der Waals surface area contributed by atoms with Gasteiger partial charge in [-0.3, -0.25) is 4.72 Å². The van der Waals surface area contributed by atoms with Gasteiger partial charge in [0.15, 0.2) is 11.6 Å². The molecule has 7 heteroatoms. The number of aromatic nitrogens is 2. The number of nitrogens with zero attached hydrogens (tertiary/aromatic N) is 2. The predicted octanol–water partition coefficient (Wildman–Crippen LogP) is 3.58. The number of nitrogens with one attached hydrogen (secondary N) is 2. The monoisotopic (exact) mass is 354 g/mol. The van der Waals surface area contributed by atoms with Gasteiger partial charge in [-0.1, -0.05) is 37.3 Å². The third-order valence-electron chi connectivity index (χ3n) is 3.59. The molecule has 0 bridgehead atoms. The molecule has 0 spiro atoms. The Morgan fingerprint density at radius 1 is 0.840 bits per heavy atom. The topological polar surface area (TPSA) is 84.0 Å². The quantitative estimate of drug-likeness (QED) is 0.707. The first-order chi connectivity index (χ1) is 12.1. The SMILES string of the molecule is CCc1ccc(Nc2ccc(NS(=O)(=O)c3ccccc3)nn2)cc1. The second kappa shape index (κ2) is 7.31. The number of hydrogen-bond donors (Lipinski definition) is 2. The van der Waals surface area contributed by atoms with Crippen LogP contribution in [0.1, 0.15) is 12.5 Å². The smallest absolute Gasteiger partial charge is 0.263 e. The number of hydrogen-bond acceptors (Lipinski definition) is 5. The highest BCUT2D eigenvalue weighted by Gasteiger charge is 2.14. The summed E-state index contributed by atoms with van der Waals surface area (Å²) in [4.78, 5) is 0.176. The highest BCUT2D eigenvalue weighted by molar-refractivity contribution is 7.92. The summed E-state index contributed by atoms with van der Waals surface area (Å²) in [6, 6.07) is 19.4. The van der Waals surface area contributed by atoms with Crippen molar-refractivity contribution in [3.05, 3.63) is 72.3 Å². The first-order valence-corrected chi connectivity index (χ1v) is 9.33. The van der Waals surface area contributed by atoms with E-state index in [1.165, 1.54) is 17.7 Å². The average Bonchev–Trinajstić information content (AvgIpc) is 2.64. The largest absolute Gasteiger partial charge is 0.339 e. The van der Waals surface area contributed by atoms with Gasteiger partial charge in [-0.25, -0.2) is 8.42 Å². The van der Waals surface area contributed by atoms with Crippen molar-refractivity contribution in [1.82, 2.24) is 10.2 Å². The molecule has 128 valence electrons. The van der Waals surface area contributed by atoms with Crippen molar-refractivity contribution in [2.45, 2.75) is 18.2 Å². The molecule has 2 aromatic carbocycles. The summed E-state index contributed by atoms with van der Waals surface area (Å²) in [5, 5.41) is 11.0. The molecule has 0 saturated heterocycles. The Morgan fingerprint density at radius 3 is 2.08 bits per heavy atom. The van der Waals surface area contributed by atoms with Gasteiger partial charge in [-0.15, -0.1) is 10.2 Å². The van der Waals surface area contributed by atoms with Crippen LogP contribution in [0.5, 0.6) is 0 Å². The van der Waals surface area contributed by atoms with E-state index in [0.29, 0.717) is 5.82 Å². The van der Waals surface area contributed by atoms with Gasteiger partial charge in [0.1, 0.15) is 0 Å². The summed E-state index contributed by atoms with van der Waals surface area (Å²) in [7, 11) is -3.67. The lowest BCUT2D eigenvalue weighted by atomic mass is 10.1. The molecule has 3 aromatic rings. The minimum Gasteiger partial charge on any atom is -0.339 e. The minimum atomic E-state index is -3.67. The molecule has 6 nitrogen and oxygen atoms in total. The number of aryl methyl sites for hydroxylation is 1. The molecule has 0 aliphatic heterocycles. The number of benzene rings is 2. The van der Waals surface area contributed by atoms with Gasteiger partial charge < -0.3 is 5.32 Å². The molecular weight excluding hydrogens is 336 g/mol. The predicted molar refractivity (Wildman–Crippen MR) is 98.4 cm³/mol. The number of rotatable bonds is 6. The normalized spacial score (nSPS) is 11.1. The van der Waals surface area contributed by atoms with E-state index in [4.69, 9.17) is 0 Å². The zero-order valence-corrected chi connectivity index (χ0v) is 14.5. The Labute approximate surface area is 147 Å². The van der Waals surface area contributed by atoms with Gasteiger partial charge in [0.25, 0.3) is 10.0 Å². The van der Waals surface area contributed by atoms with Crippen molar-refractivity contribution in [2.75, 3.05) is 10.0 Å². The molecule has 0 aliphatic carbocycles. The first-order valence-electron chi connectivity index (χ1n) is 7.84. The van der Waals surface area contributed by atoms with Crippen LogP contribution in [0.15, 0.2) is 71.6 Å². The molecule has 25 heavy (non-hydrogen) atoms. The number of anilines is 3. The third kappa shape index (κ3) is 4.33. The van der Waals surface area contributed by atoms with Gasteiger partial charge >= 0.3 is 0 Å². The fourth-order valence-corrected chi connectivity index (χ4v) is 3.24. The molecule has 1 aromatic heterocycles. The van der Waals surface area contributed by atoms with E-state index in [0.717, 1.165) is 12.1 Å². The van der Waals surface area contributed by atoms with Crippen molar-refractivity contribution in [3.63, 3.8) is 0 Å². The zero-order chi connectivity index (χ0) is 17.7. The van der Waals surface area contributed by atoms with Crippen molar-refractivity contribution < 1.29 is 8.42 Å². The van der Waals surface area contributed by atoms with Crippen LogP contribution in [0.4, 0.5) is 17.3 Å². The first kappa shape index (κ1) is 16.9. The Bertz CT molecular complexity index is 925. The molecule has 1 heterocycles. The van der Waals surface area contributed by atoms with Gasteiger partial charge in [0.2, 0.25) is 0 Å². The van der Waals surface area contributed by atoms with E-state index in [1.807, 2.05) is 24.3 Å². The summed E-state index contributed by atoms with van der Waals surface area (Å²) in [5.41, 5.74) is 2.14. The Morgan fingerprint density at radius 2 is 1.48 bits per heavy atom. The van der Waals surface area contributed by atoms with Crippen molar-refractivity contribution in [1.29, 1.82) is 0 Å². The molecular formula is C18H18N4O2S. The average molecular weight is 354 g/mol. The van der Waals surface area contributed by atoms with Crippen LogP contribution in [0, 0.1) is 0 Å². The Balaban J connectivity index is 1.69. The van der Waals surface area contributed by atoms with Gasteiger partial charge in [0, 0.05) is 5.69 Å². The van der Waals surface area contributed by atoms with E-state index >= 15 is 0 Å². The molecule has 0 radical (unpaired) electrons. The van der Waals surface area contributed by atoms with E-state index < -0.39 is 10.0 Å². The summed E-state index contributed by atoms with van der Waals surface area (Å²) >= 11 is 0. The fourth-order valence-electron chi connectivity index (χ4n) is 2.22. The second-order valence-corrected chi connectivity index (χ2v) is 7.08. The minimum absolute atomic E-state index is 0.163. The second-order valence-electron chi connectivity index (χ2n) is 5.40. The van der Waals surface area contributed by atoms with Crippen LogP contribution in [0.3, 0.4) is 0 Å². The third-order valence-corrected chi connectivity index (χ3v) is 4.96. The summed E-state index contributed by atoms with van der Waals surface area (Å²) in [6.45, 7) is 2.10.